The predicted octanol–water partition coefficient (Wildman–Crippen LogP) is 1.71. The van der Waals surface area contributed by atoms with Gasteiger partial charge in [0.1, 0.15) is 0 Å². The lowest BCUT2D eigenvalue weighted by Crippen LogP contribution is -2.29. The molecule has 0 aliphatic rings. The molecule has 6 heteroatoms. The van der Waals surface area contributed by atoms with E-state index in [1.54, 1.807) is 12.4 Å². The van der Waals surface area contributed by atoms with E-state index in [4.69, 9.17) is 5.84 Å². The molecule has 2 aromatic rings. The van der Waals surface area contributed by atoms with E-state index < -0.39 is 0 Å². The molecule has 1 unspecified atom stereocenters. The van der Waals surface area contributed by atoms with Crippen LogP contribution in [0.2, 0.25) is 0 Å². The van der Waals surface area contributed by atoms with Crippen LogP contribution >= 0.6 is 15.9 Å². The summed E-state index contributed by atoms with van der Waals surface area (Å²) in [7, 11) is 1.94. The molecule has 3 N–H and O–H groups in total. The van der Waals surface area contributed by atoms with Crippen LogP contribution in [0.15, 0.2) is 35.1 Å². The van der Waals surface area contributed by atoms with Gasteiger partial charge < -0.3 is 0 Å². The van der Waals surface area contributed by atoms with Gasteiger partial charge in [-0.15, -0.1) is 0 Å². The molecule has 0 fully saturated rings. The molecular weight excluding hydrogens is 294 g/mol. The standard InChI is InChI=1S/C12H16BrN5/c1-18-9(6-8-16-18)4-5-11(17-14)12-10(13)3-2-7-15-12/h2-3,6-8,11,17H,4-5,14H2,1H3. The van der Waals surface area contributed by atoms with E-state index in [2.05, 4.69) is 31.4 Å². The molecule has 2 heterocycles. The third-order valence-electron chi connectivity index (χ3n) is 2.93. The highest BCUT2D eigenvalue weighted by Crippen LogP contribution is 2.23. The Morgan fingerprint density at radius 3 is 2.89 bits per heavy atom. The molecule has 2 rings (SSSR count). The summed E-state index contributed by atoms with van der Waals surface area (Å²) in [5.74, 6) is 5.62. The minimum Gasteiger partial charge on any atom is -0.273 e. The van der Waals surface area contributed by atoms with Crippen molar-refractivity contribution < 1.29 is 0 Å². The number of hydrazine groups is 1. The topological polar surface area (TPSA) is 68.8 Å². The normalized spacial score (nSPS) is 12.6. The molecule has 0 aliphatic carbocycles. The van der Waals surface area contributed by atoms with Crippen molar-refractivity contribution in [2.75, 3.05) is 0 Å². The van der Waals surface area contributed by atoms with Gasteiger partial charge in [0.15, 0.2) is 0 Å². The van der Waals surface area contributed by atoms with Gasteiger partial charge in [0.25, 0.3) is 0 Å². The molecule has 0 aromatic carbocycles. The summed E-state index contributed by atoms with van der Waals surface area (Å²) in [4.78, 5) is 4.36. The van der Waals surface area contributed by atoms with Gasteiger partial charge in [-0.05, 0) is 47.0 Å². The van der Waals surface area contributed by atoms with Crippen LogP contribution in [0.3, 0.4) is 0 Å². The molecule has 0 aliphatic heterocycles. The summed E-state index contributed by atoms with van der Waals surface area (Å²) in [5.41, 5.74) is 4.93. The van der Waals surface area contributed by atoms with E-state index in [1.165, 1.54) is 5.69 Å². The van der Waals surface area contributed by atoms with E-state index >= 15 is 0 Å². The first-order chi connectivity index (χ1) is 8.72. The van der Waals surface area contributed by atoms with E-state index in [0.717, 1.165) is 23.0 Å². The predicted molar refractivity (Wildman–Crippen MR) is 73.5 cm³/mol. The number of nitrogens with zero attached hydrogens (tertiary/aromatic N) is 3. The van der Waals surface area contributed by atoms with Crippen molar-refractivity contribution in [3.05, 3.63) is 46.5 Å². The van der Waals surface area contributed by atoms with Gasteiger partial charge >= 0.3 is 0 Å². The van der Waals surface area contributed by atoms with Crippen molar-refractivity contribution in [2.24, 2.45) is 12.9 Å². The fraction of sp³-hybridized carbons (Fsp3) is 0.333. The number of hydrogen-bond donors (Lipinski definition) is 2. The van der Waals surface area contributed by atoms with Gasteiger partial charge in [-0.2, -0.15) is 5.10 Å². The number of aryl methyl sites for hydroxylation is 2. The van der Waals surface area contributed by atoms with Crippen LogP contribution < -0.4 is 11.3 Å². The zero-order valence-corrected chi connectivity index (χ0v) is 11.8. The van der Waals surface area contributed by atoms with E-state index in [9.17, 15) is 0 Å². The number of nitrogens with two attached hydrogens (primary N) is 1. The molecule has 5 nitrogen and oxygen atoms in total. The maximum absolute atomic E-state index is 5.62. The number of aromatic nitrogens is 3. The maximum atomic E-state index is 5.62. The van der Waals surface area contributed by atoms with Crippen molar-refractivity contribution in [1.29, 1.82) is 0 Å². The number of halogens is 1. The Balaban J connectivity index is 2.07. The molecule has 0 bridgehead atoms. The van der Waals surface area contributed by atoms with Crippen molar-refractivity contribution in [1.82, 2.24) is 20.2 Å². The van der Waals surface area contributed by atoms with Crippen LogP contribution in [0.5, 0.6) is 0 Å². The van der Waals surface area contributed by atoms with Crippen molar-refractivity contribution in [2.45, 2.75) is 18.9 Å². The molecule has 0 saturated carbocycles. The second-order valence-electron chi connectivity index (χ2n) is 4.07. The number of pyridine rings is 1. The Hall–Kier alpha value is -1.24. The van der Waals surface area contributed by atoms with Crippen molar-refractivity contribution >= 4 is 15.9 Å². The summed E-state index contributed by atoms with van der Waals surface area (Å²) in [6.07, 6.45) is 5.34. The van der Waals surface area contributed by atoms with E-state index in [-0.39, 0.29) is 6.04 Å². The highest BCUT2D eigenvalue weighted by Gasteiger charge is 2.14. The Bertz CT molecular complexity index is 511. The largest absolute Gasteiger partial charge is 0.273 e. The average Bonchev–Trinajstić information content (AvgIpc) is 2.78. The Morgan fingerprint density at radius 1 is 1.44 bits per heavy atom. The molecule has 0 amide bonds. The van der Waals surface area contributed by atoms with Gasteiger partial charge in [-0.3, -0.25) is 20.9 Å². The lowest BCUT2D eigenvalue weighted by atomic mass is 10.1. The van der Waals surface area contributed by atoms with Crippen LogP contribution in [0, 0.1) is 0 Å². The second kappa shape index (κ2) is 6.08. The molecule has 0 saturated heterocycles. The summed E-state index contributed by atoms with van der Waals surface area (Å²) in [6.45, 7) is 0. The van der Waals surface area contributed by atoms with Gasteiger partial charge in [-0.1, -0.05) is 0 Å². The van der Waals surface area contributed by atoms with Gasteiger partial charge in [0, 0.05) is 29.6 Å². The molecule has 0 radical (unpaired) electrons. The fourth-order valence-electron chi connectivity index (χ4n) is 1.89. The molecule has 0 spiro atoms. The smallest absolute Gasteiger partial charge is 0.0728 e. The minimum absolute atomic E-state index is 0.0236. The molecule has 2 aromatic heterocycles. The van der Waals surface area contributed by atoms with Crippen LogP contribution in [-0.2, 0) is 13.5 Å². The highest BCUT2D eigenvalue weighted by atomic mass is 79.9. The Morgan fingerprint density at radius 2 is 2.28 bits per heavy atom. The first kappa shape index (κ1) is 13.2. The number of rotatable bonds is 5. The monoisotopic (exact) mass is 309 g/mol. The maximum Gasteiger partial charge on any atom is 0.0728 e. The SMILES string of the molecule is Cn1nccc1CCC(NN)c1ncccc1Br. The van der Waals surface area contributed by atoms with Gasteiger partial charge in [0.2, 0.25) is 0 Å². The summed E-state index contributed by atoms with van der Waals surface area (Å²) < 4.78 is 2.85. The van der Waals surface area contributed by atoms with Crippen LogP contribution in [-0.4, -0.2) is 14.8 Å². The van der Waals surface area contributed by atoms with Crippen LogP contribution in [0.1, 0.15) is 23.9 Å². The van der Waals surface area contributed by atoms with Gasteiger partial charge in [0.05, 0.1) is 11.7 Å². The molecule has 96 valence electrons. The quantitative estimate of drug-likeness (QED) is 0.652. The summed E-state index contributed by atoms with van der Waals surface area (Å²) in [5, 5.41) is 4.15. The zero-order valence-electron chi connectivity index (χ0n) is 10.2. The fourth-order valence-corrected chi connectivity index (χ4v) is 2.42. The van der Waals surface area contributed by atoms with Gasteiger partial charge in [-0.25, -0.2) is 0 Å². The number of nitrogens with one attached hydrogen (secondary N) is 1. The Kier molecular flexibility index (Phi) is 4.46. The molecular formula is C12H16BrN5. The lowest BCUT2D eigenvalue weighted by molar-refractivity contribution is 0.494. The lowest BCUT2D eigenvalue weighted by Gasteiger charge is -2.16. The summed E-state index contributed by atoms with van der Waals surface area (Å²) >= 11 is 3.50. The third kappa shape index (κ3) is 2.95. The van der Waals surface area contributed by atoms with Crippen molar-refractivity contribution in [3.8, 4) is 0 Å². The van der Waals surface area contributed by atoms with E-state index in [0.29, 0.717) is 0 Å². The third-order valence-corrected chi connectivity index (χ3v) is 3.60. The minimum atomic E-state index is 0.0236. The van der Waals surface area contributed by atoms with Crippen LogP contribution in [0.25, 0.3) is 0 Å². The van der Waals surface area contributed by atoms with Crippen molar-refractivity contribution in [3.63, 3.8) is 0 Å². The molecule has 1 atom stereocenters. The number of hydrogen-bond acceptors (Lipinski definition) is 4. The average molecular weight is 310 g/mol. The summed E-state index contributed by atoms with van der Waals surface area (Å²) in [6, 6.07) is 5.90. The highest BCUT2D eigenvalue weighted by molar-refractivity contribution is 9.10. The van der Waals surface area contributed by atoms with E-state index in [1.807, 2.05) is 29.9 Å². The zero-order chi connectivity index (χ0) is 13.0. The first-order valence-electron chi connectivity index (χ1n) is 5.75. The second-order valence-corrected chi connectivity index (χ2v) is 4.93. The van der Waals surface area contributed by atoms with Crippen LogP contribution in [0.4, 0.5) is 0 Å². The first-order valence-corrected chi connectivity index (χ1v) is 6.55. The molecule has 18 heavy (non-hydrogen) atoms. The Labute approximate surface area is 115 Å².